The van der Waals surface area contributed by atoms with Crippen LogP contribution < -0.4 is 10.2 Å². The Morgan fingerprint density at radius 2 is 1.94 bits per heavy atom. The van der Waals surface area contributed by atoms with E-state index in [0.717, 1.165) is 6.54 Å². The van der Waals surface area contributed by atoms with Crippen molar-refractivity contribution in [1.29, 1.82) is 0 Å². The second-order valence-electron chi connectivity index (χ2n) is 6.28. The van der Waals surface area contributed by atoms with Gasteiger partial charge >= 0.3 is 0 Å². The number of anilines is 2. The van der Waals surface area contributed by atoms with Gasteiger partial charge in [0.1, 0.15) is 0 Å². The second-order valence-corrected chi connectivity index (χ2v) is 6.28. The van der Waals surface area contributed by atoms with Crippen LogP contribution in [0.2, 0.25) is 0 Å². The highest BCUT2D eigenvalue weighted by Gasteiger charge is 2.41. The highest BCUT2D eigenvalue weighted by Crippen LogP contribution is 2.44. The molecular weight excluding hydrogens is 220 g/mol. The second kappa shape index (κ2) is 4.18. The minimum atomic E-state index is 0.378. The largest absolute Gasteiger partial charge is 0.381 e. The molecular formula is C16H24N2. The molecule has 0 radical (unpaired) electrons. The number of benzene rings is 1. The molecule has 2 aliphatic rings. The first-order valence-electron chi connectivity index (χ1n) is 7.24. The highest BCUT2D eigenvalue weighted by atomic mass is 15.2. The van der Waals surface area contributed by atoms with Crippen LogP contribution in [0.4, 0.5) is 11.4 Å². The van der Waals surface area contributed by atoms with Crippen molar-refractivity contribution in [2.45, 2.75) is 51.0 Å². The fourth-order valence-electron chi connectivity index (χ4n) is 3.51. The molecule has 1 fully saturated rings. The maximum Gasteiger partial charge on any atom is 0.0607 e. The van der Waals surface area contributed by atoms with Gasteiger partial charge in [0.2, 0.25) is 0 Å². The summed E-state index contributed by atoms with van der Waals surface area (Å²) < 4.78 is 0. The van der Waals surface area contributed by atoms with Crippen LogP contribution in [0.1, 0.15) is 51.0 Å². The number of rotatable bonds is 1. The Kier molecular flexibility index (Phi) is 2.76. The third kappa shape index (κ3) is 1.70. The van der Waals surface area contributed by atoms with Crippen LogP contribution in [0.3, 0.4) is 0 Å². The summed E-state index contributed by atoms with van der Waals surface area (Å²) >= 11 is 0. The van der Waals surface area contributed by atoms with Gasteiger partial charge in [0.05, 0.1) is 16.9 Å². The van der Waals surface area contributed by atoms with Gasteiger partial charge in [0, 0.05) is 13.6 Å². The first-order chi connectivity index (χ1) is 8.62. The SMILES string of the molecule is CC(C)c1ccc2c(c1)N(C)C1(CCCC1)CN2. The first-order valence-corrected chi connectivity index (χ1v) is 7.24. The third-order valence-electron chi connectivity index (χ3n) is 4.90. The molecule has 0 unspecified atom stereocenters. The first kappa shape index (κ1) is 11.9. The molecule has 1 spiro atoms. The predicted octanol–water partition coefficient (Wildman–Crippen LogP) is 3.98. The Morgan fingerprint density at radius 1 is 1.22 bits per heavy atom. The van der Waals surface area contributed by atoms with Crippen molar-refractivity contribution in [3.8, 4) is 0 Å². The number of likely N-dealkylation sites (N-methyl/N-ethyl adjacent to an activating group) is 1. The van der Waals surface area contributed by atoms with Crippen LogP contribution >= 0.6 is 0 Å². The van der Waals surface area contributed by atoms with Crippen LogP contribution in [-0.4, -0.2) is 19.1 Å². The fourth-order valence-corrected chi connectivity index (χ4v) is 3.51. The average Bonchev–Trinajstić information content (AvgIpc) is 2.84. The van der Waals surface area contributed by atoms with E-state index >= 15 is 0 Å². The summed E-state index contributed by atoms with van der Waals surface area (Å²) in [5.74, 6) is 0.602. The van der Waals surface area contributed by atoms with Gasteiger partial charge in [-0.25, -0.2) is 0 Å². The molecule has 1 aliphatic heterocycles. The predicted molar refractivity (Wildman–Crippen MR) is 78.6 cm³/mol. The zero-order chi connectivity index (χ0) is 12.8. The van der Waals surface area contributed by atoms with E-state index in [4.69, 9.17) is 0 Å². The highest BCUT2D eigenvalue weighted by molar-refractivity contribution is 5.74. The summed E-state index contributed by atoms with van der Waals surface area (Å²) in [5, 5.41) is 3.65. The van der Waals surface area contributed by atoms with Gasteiger partial charge in [0.15, 0.2) is 0 Å². The molecule has 0 amide bonds. The molecule has 0 saturated heterocycles. The molecule has 1 N–H and O–H groups in total. The average molecular weight is 244 g/mol. The Bertz CT molecular complexity index is 444. The molecule has 98 valence electrons. The minimum Gasteiger partial charge on any atom is -0.381 e. The molecule has 18 heavy (non-hydrogen) atoms. The molecule has 0 atom stereocenters. The van der Waals surface area contributed by atoms with Crippen molar-refractivity contribution in [2.24, 2.45) is 0 Å². The zero-order valence-corrected chi connectivity index (χ0v) is 11.8. The number of nitrogens with zero attached hydrogens (tertiary/aromatic N) is 1. The molecule has 1 aromatic rings. The summed E-state index contributed by atoms with van der Waals surface area (Å²) in [5.41, 5.74) is 4.52. The number of nitrogens with one attached hydrogen (secondary N) is 1. The van der Waals surface area contributed by atoms with E-state index in [1.165, 1.54) is 42.6 Å². The zero-order valence-electron chi connectivity index (χ0n) is 11.8. The van der Waals surface area contributed by atoms with Crippen LogP contribution in [-0.2, 0) is 0 Å². The van der Waals surface area contributed by atoms with Crippen molar-refractivity contribution in [3.63, 3.8) is 0 Å². The van der Waals surface area contributed by atoms with E-state index in [1.807, 2.05) is 0 Å². The van der Waals surface area contributed by atoms with Gasteiger partial charge in [-0.15, -0.1) is 0 Å². The molecule has 0 bridgehead atoms. The summed E-state index contributed by atoms with van der Waals surface area (Å²) in [6, 6.07) is 6.90. The van der Waals surface area contributed by atoms with E-state index in [9.17, 15) is 0 Å². The van der Waals surface area contributed by atoms with E-state index in [0.29, 0.717) is 11.5 Å². The van der Waals surface area contributed by atoms with Gasteiger partial charge in [-0.3, -0.25) is 0 Å². The van der Waals surface area contributed by atoms with E-state index in [-0.39, 0.29) is 0 Å². The Morgan fingerprint density at radius 3 is 2.61 bits per heavy atom. The minimum absolute atomic E-state index is 0.378. The van der Waals surface area contributed by atoms with Crippen molar-refractivity contribution in [3.05, 3.63) is 23.8 Å². The van der Waals surface area contributed by atoms with Gasteiger partial charge in [0.25, 0.3) is 0 Å². The van der Waals surface area contributed by atoms with Crippen molar-refractivity contribution in [1.82, 2.24) is 0 Å². The number of fused-ring (bicyclic) bond motifs is 1. The van der Waals surface area contributed by atoms with Crippen LogP contribution in [0, 0.1) is 0 Å². The third-order valence-corrected chi connectivity index (χ3v) is 4.90. The summed E-state index contributed by atoms with van der Waals surface area (Å²) in [6.45, 7) is 5.64. The van der Waals surface area contributed by atoms with Gasteiger partial charge < -0.3 is 10.2 Å². The van der Waals surface area contributed by atoms with Gasteiger partial charge in [-0.05, 0) is 36.5 Å². The van der Waals surface area contributed by atoms with Crippen LogP contribution in [0.25, 0.3) is 0 Å². The van der Waals surface area contributed by atoms with Crippen molar-refractivity contribution < 1.29 is 0 Å². The maximum atomic E-state index is 3.65. The Balaban J connectivity index is 2.00. The monoisotopic (exact) mass is 244 g/mol. The van der Waals surface area contributed by atoms with Crippen molar-refractivity contribution >= 4 is 11.4 Å². The normalized spacial score (nSPS) is 21.2. The molecule has 2 heteroatoms. The van der Waals surface area contributed by atoms with Crippen LogP contribution in [0.15, 0.2) is 18.2 Å². The molecule has 1 saturated carbocycles. The lowest BCUT2D eigenvalue weighted by atomic mass is 9.90. The molecule has 1 aromatic carbocycles. The summed E-state index contributed by atoms with van der Waals surface area (Å²) in [4.78, 5) is 2.55. The lowest BCUT2D eigenvalue weighted by Gasteiger charge is -2.46. The quantitative estimate of drug-likeness (QED) is 0.803. The van der Waals surface area contributed by atoms with E-state index in [2.05, 4.69) is 49.3 Å². The van der Waals surface area contributed by atoms with E-state index in [1.54, 1.807) is 0 Å². The Labute approximate surface area is 110 Å². The molecule has 1 aliphatic carbocycles. The fraction of sp³-hybridized carbons (Fsp3) is 0.625. The van der Waals surface area contributed by atoms with Gasteiger partial charge in [-0.2, -0.15) is 0 Å². The molecule has 0 aromatic heterocycles. The Hall–Kier alpha value is -1.18. The lowest BCUT2D eigenvalue weighted by molar-refractivity contribution is 0.429. The number of hydrogen-bond acceptors (Lipinski definition) is 2. The maximum absolute atomic E-state index is 3.65. The number of hydrogen-bond donors (Lipinski definition) is 1. The smallest absolute Gasteiger partial charge is 0.0607 e. The summed E-state index contributed by atoms with van der Waals surface area (Å²) in [6.07, 6.45) is 5.43. The summed E-state index contributed by atoms with van der Waals surface area (Å²) in [7, 11) is 2.29. The van der Waals surface area contributed by atoms with Crippen molar-refractivity contribution in [2.75, 3.05) is 23.8 Å². The molecule has 3 rings (SSSR count). The standard InChI is InChI=1S/C16H24N2/c1-12(2)13-6-7-14-15(10-13)18(3)16(11-17-14)8-4-5-9-16/h6-7,10,12,17H,4-5,8-9,11H2,1-3H3. The lowest BCUT2D eigenvalue weighted by Crippen LogP contribution is -2.52. The molecule has 1 heterocycles. The van der Waals surface area contributed by atoms with Crippen LogP contribution in [0.5, 0.6) is 0 Å². The molecule has 2 nitrogen and oxygen atoms in total. The topological polar surface area (TPSA) is 15.3 Å². The van der Waals surface area contributed by atoms with E-state index < -0.39 is 0 Å². The van der Waals surface area contributed by atoms with Gasteiger partial charge in [-0.1, -0.05) is 32.8 Å².